The lowest BCUT2D eigenvalue weighted by Crippen LogP contribution is -2.27. The van der Waals surface area contributed by atoms with Crippen LogP contribution in [0.15, 0.2) is 41.8 Å². The zero-order chi connectivity index (χ0) is 19.9. The molecule has 7 heteroatoms. The first kappa shape index (κ1) is 18.0. The molecule has 30 heavy (non-hydrogen) atoms. The average Bonchev–Trinajstić information content (AvgIpc) is 3.53. The summed E-state index contributed by atoms with van der Waals surface area (Å²) in [5.74, 6) is 0.685. The Labute approximate surface area is 174 Å². The van der Waals surface area contributed by atoms with Crippen LogP contribution in [0.4, 0.5) is 0 Å². The van der Waals surface area contributed by atoms with E-state index < -0.39 is 0 Å². The molecular formula is C23H24N4O3. The summed E-state index contributed by atoms with van der Waals surface area (Å²) in [5.41, 5.74) is 6.30. The number of hydrogen-bond donors (Lipinski definition) is 0. The Morgan fingerprint density at radius 3 is 2.77 bits per heavy atom. The Morgan fingerprint density at radius 2 is 1.90 bits per heavy atom. The normalized spacial score (nSPS) is 21.7. The molecule has 3 aromatic rings. The molecule has 1 atom stereocenters. The molecule has 0 radical (unpaired) electrons. The van der Waals surface area contributed by atoms with Crippen molar-refractivity contribution in [2.24, 2.45) is 4.99 Å². The van der Waals surface area contributed by atoms with Gasteiger partial charge in [-0.15, -0.1) is 0 Å². The molecule has 5 heterocycles. The molecule has 2 fully saturated rings. The molecule has 7 nitrogen and oxygen atoms in total. The third-order valence-corrected chi connectivity index (χ3v) is 6.24. The molecule has 1 unspecified atom stereocenters. The van der Waals surface area contributed by atoms with Gasteiger partial charge in [-0.25, -0.2) is 9.97 Å². The molecule has 2 aromatic heterocycles. The van der Waals surface area contributed by atoms with E-state index in [2.05, 4.69) is 32.7 Å². The number of hydrogen-bond acceptors (Lipinski definition) is 6. The van der Waals surface area contributed by atoms with E-state index in [0.717, 1.165) is 79.1 Å². The van der Waals surface area contributed by atoms with Gasteiger partial charge in [-0.2, -0.15) is 0 Å². The summed E-state index contributed by atoms with van der Waals surface area (Å²) in [5, 5.41) is 0. The minimum atomic E-state index is 0.145. The third kappa shape index (κ3) is 3.09. The minimum absolute atomic E-state index is 0.145. The Hall–Kier alpha value is -2.77. The quantitative estimate of drug-likeness (QED) is 0.667. The maximum absolute atomic E-state index is 6.30. The molecule has 3 aliphatic heterocycles. The maximum atomic E-state index is 6.30. The van der Waals surface area contributed by atoms with Crippen LogP contribution < -0.4 is 4.74 Å². The van der Waals surface area contributed by atoms with Crippen LogP contribution in [0.2, 0.25) is 0 Å². The van der Waals surface area contributed by atoms with Crippen molar-refractivity contribution in [1.82, 2.24) is 14.5 Å². The summed E-state index contributed by atoms with van der Waals surface area (Å²) in [6.45, 7) is 3.71. The van der Waals surface area contributed by atoms with Gasteiger partial charge in [0.05, 0.1) is 61.0 Å². The first-order valence-electron chi connectivity index (χ1n) is 10.7. The van der Waals surface area contributed by atoms with Crippen molar-refractivity contribution < 1.29 is 14.2 Å². The second-order valence-electron chi connectivity index (χ2n) is 8.12. The van der Waals surface area contributed by atoms with Crippen LogP contribution in [0.1, 0.15) is 42.0 Å². The molecule has 0 bridgehead atoms. The molecule has 0 spiro atoms. The predicted octanol–water partition coefficient (Wildman–Crippen LogP) is 3.30. The van der Waals surface area contributed by atoms with E-state index in [0.29, 0.717) is 18.5 Å². The maximum Gasteiger partial charge on any atom is 0.223 e. The lowest BCUT2D eigenvalue weighted by molar-refractivity contribution is 0.0236. The van der Waals surface area contributed by atoms with Gasteiger partial charge in [0.15, 0.2) is 0 Å². The largest absolute Gasteiger partial charge is 0.474 e. The SMILES string of the molecule is c1cc2c(c(OC3CCOCC3)n1)C(c1ccc3c(c1)ncn3C1CCOC1)=NC2. The zero-order valence-electron chi connectivity index (χ0n) is 16.8. The number of benzene rings is 1. The van der Waals surface area contributed by atoms with E-state index in [1.54, 1.807) is 0 Å². The highest BCUT2D eigenvalue weighted by Crippen LogP contribution is 2.32. The summed E-state index contributed by atoms with van der Waals surface area (Å²) in [6.07, 6.45) is 6.72. The fourth-order valence-corrected chi connectivity index (χ4v) is 4.60. The van der Waals surface area contributed by atoms with Crippen LogP contribution in [0.25, 0.3) is 11.0 Å². The van der Waals surface area contributed by atoms with Crippen LogP contribution in [-0.4, -0.2) is 52.8 Å². The fraction of sp³-hybridized carbons (Fsp3) is 0.435. The van der Waals surface area contributed by atoms with Crippen LogP contribution in [-0.2, 0) is 16.0 Å². The van der Waals surface area contributed by atoms with Crippen molar-refractivity contribution >= 4 is 16.7 Å². The molecule has 0 N–H and O–H groups in total. The van der Waals surface area contributed by atoms with Gasteiger partial charge in [-0.1, -0.05) is 6.07 Å². The molecule has 0 saturated carbocycles. The number of fused-ring (bicyclic) bond motifs is 2. The highest BCUT2D eigenvalue weighted by molar-refractivity contribution is 6.17. The second kappa shape index (κ2) is 7.49. The van der Waals surface area contributed by atoms with Crippen molar-refractivity contribution in [3.05, 3.63) is 53.5 Å². The number of aliphatic imine (C=N–C) groups is 1. The van der Waals surface area contributed by atoms with Gasteiger partial charge in [-0.3, -0.25) is 4.99 Å². The van der Waals surface area contributed by atoms with Crippen molar-refractivity contribution in [1.29, 1.82) is 0 Å². The van der Waals surface area contributed by atoms with Gasteiger partial charge in [0, 0.05) is 31.2 Å². The number of imidazole rings is 1. The smallest absolute Gasteiger partial charge is 0.223 e. The summed E-state index contributed by atoms with van der Waals surface area (Å²) < 4.78 is 19.5. The highest BCUT2D eigenvalue weighted by atomic mass is 16.5. The van der Waals surface area contributed by atoms with Crippen molar-refractivity contribution in [2.75, 3.05) is 26.4 Å². The Morgan fingerprint density at radius 1 is 1.00 bits per heavy atom. The van der Waals surface area contributed by atoms with Crippen LogP contribution in [0.3, 0.4) is 0 Å². The molecule has 6 rings (SSSR count). The van der Waals surface area contributed by atoms with E-state index in [-0.39, 0.29) is 6.10 Å². The zero-order valence-corrected chi connectivity index (χ0v) is 16.8. The number of rotatable bonds is 4. The average molecular weight is 404 g/mol. The monoisotopic (exact) mass is 404 g/mol. The summed E-state index contributed by atoms with van der Waals surface area (Å²) in [7, 11) is 0. The third-order valence-electron chi connectivity index (χ3n) is 6.24. The van der Waals surface area contributed by atoms with E-state index in [1.165, 1.54) is 0 Å². The number of ether oxygens (including phenoxy) is 3. The molecule has 0 aliphatic carbocycles. The fourth-order valence-electron chi connectivity index (χ4n) is 4.60. The molecule has 0 amide bonds. The summed E-state index contributed by atoms with van der Waals surface area (Å²) in [6, 6.07) is 8.81. The van der Waals surface area contributed by atoms with Gasteiger partial charge in [0.1, 0.15) is 6.10 Å². The first-order valence-corrected chi connectivity index (χ1v) is 10.7. The number of aromatic nitrogens is 3. The van der Waals surface area contributed by atoms with Crippen molar-refractivity contribution in [2.45, 2.75) is 38.0 Å². The first-order chi connectivity index (χ1) is 14.9. The van der Waals surface area contributed by atoms with Gasteiger partial charge < -0.3 is 18.8 Å². The minimum Gasteiger partial charge on any atom is -0.474 e. The van der Waals surface area contributed by atoms with Crippen LogP contribution in [0.5, 0.6) is 5.88 Å². The molecule has 2 saturated heterocycles. The van der Waals surface area contributed by atoms with E-state index in [4.69, 9.17) is 19.2 Å². The Balaban J connectivity index is 1.34. The standard InChI is InChI=1S/C23H24N4O3/c1-2-20-19(26-14-27(20)17-4-8-29-13-17)11-15(1)22-21-16(12-25-22)3-7-24-23(21)30-18-5-9-28-10-6-18/h1-3,7,11,14,17-18H,4-6,8-10,12-13H2. The van der Waals surface area contributed by atoms with E-state index in [9.17, 15) is 0 Å². The highest BCUT2D eigenvalue weighted by Gasteiger charge is 2.26. The second-order valence-corrected chi connectivity index (χ2v) is 8.12. The predicted molar refractivity (Wildman–Crippen MR) is 112 cm³/mol. The molecule has 154 valence electrons. The summed E-state index contributed by atoms with van der Waals surface area (Å²) in [4.78, 5) is 14.1. The van der Waals surface area contributed by atoms with Gasteiger partial charge in [0.2, 0.25) is 5.88 Å². The van der Waals surface area contributed by atoms with Crippen molar-refractivity contribution in [3.63, 3.8) is 0 Å². The molecule has 3 aliphatic rings. The van der Waals surface area contributed by atoms with Crippen LogP contribution in [0, 0.1) is 0 Å². The topological polar surface area (TPSA) is 70.8 Å². The van der Waals surface area contributed by atoms with Gasteiger partial charge in [-0.05, 0) is 30.2 Å². The van der Waals surface area contributed by atoms with Gasteiger partial charge in [0.25, 0.3) is 0 Å². The van der Waals surface area contributed by atoms with E-state index >= 15 is 0 Å². The number of nitrogens with zero attached hydrogens (tertiary/aromatic N) is 4. The van der Waals surface area contributed by atoms with E-state index in [1.807, 2.05) is 18.6 Å². The Kier molecular flexibility index (Phi) is 4.50. The lowest BCUT2D eigenvalue weighted by Gasteiger charge is -2.24. The summed E-state index contributed by atoms with van der Waals surface area (Å²) >= 11 is 0. The Bertz CT molecular complexity index is 1110. The lowest BCUT2D eigenvalue weighted by atomic mass is 10.0. The van der Waals surface area contributed by atoms with Crippen LogP contribution >= 0.6 is 0 Å². The number of pyridine rings is 1. The molecular weight excluding hydrogens is 380 g/mol. The van der Waals surface area contributed by atoms with Crippen molar-refractivity contribution in [3.8, 4) is 5.88 Å². The molecule has 1 aromatic carbocycles. The van der Waals surface area contributed by atoms with Gasteiger partial charge >= 0.3 is 0 Å².